The van der Waals surface area contributed by atoms with Crippen LogP contribution >= 0.6 is 11.6 Å². The van der Waals surface area contributed by atoms with Crippen molar-refractivity contribution in [2.75, 3.05) is 5.88 Å². The maximum absolute atomic E-state index is 6.00. The molecule has 1 aromatic carbocycles. The Morgan fingerprint density at radius 1 is 1.00 bits per heavy atom. The lowest BCUT2D eigenvalue weighted by Crippen LogP contribution is -2.63. The van der Waals surface area contributed by atoms with E-state index in [1.807, 2.05) is 0 Å². The van der Waals surface area contributed by atoms with Crippen LogP contribution < -0.4 is 0 Å². The van der Waals surface area contributed by atoms with Crippen molar-refractivity contribution in [1.82, 2.24) is 0 Å². The average molecular weight is 235 g/mol. The molecular weight excluding hydrogens is 216 g/mol. The summed E-state index contributed by atoms with van der Waals surface area (Å²) in [5.74, 6) is 0.877. The number of alkyl halides is 1. The van der Waals surface area contributed by atoms with Gasteiger partial charge in [-0.05, 0) is 55.9 Å². The van der Waals surface area contributed by atoms with Gasteiger partial charge in [0, 0.05) is 5.88 Å². The first-order valence-electron chi connectivity index (χ1n) is 6.18. The Morgan fingerprint density at radius 3 is 2.06 bits per heavy atom. The molecule has 3 aliphatic carbocycles. The highest BCUT2D eigenvalue weighted by Gasteiger charge is 2.66. The summed E-state index contributed by atoms with van der Waals surface area (Å²) in [5, 5.41) is 0. The molecule has 1 aromatic rings. The second kappa shape index (κ2) is 3.26. The van der Waals surface area contributed by atoms with Crippen LogP contribution in [0.4, 0.5) is 0 Å². The molecule has 0 aliphatic heterocycles. The molecule has 0 heterocycles. The summed E-state index contributed by atoms with van der Waals surface area (Å²) in [6.07, 6.45) is 5.39. The van der Waals surface area contributed by atoms with Crippen molar-refractivity contribution < 1.29 is 0 Å². The summed E-state index contributed by atoms with van der Waals surface area (Å²) in [7, 11) is 0. The summed E-state index contributed by atoms with van der Waals surface area (Å²) in [6.45, 7) is 4.39. The van der Waals surface area contributed by atoms with E-state index in [0.29, 0.717) is 10.8 Å². The first-order valence-corrected chi connectivity index (χ1v) is 6.72. The van der Waals surface area contributed by atoms with E-state index < -0.39 is 0 Å². The maximum atomic E-state index is 6.00. The van der Waals surface area contributed by atoms with Gasteiger partial charge in [0.1, 0.15) is 0 Å². The second-order valence-electron chi connectivity index (χ2n) is 6.34. The minimum Gasteiger partial charge on any atom is -0.126 e. The second-order valence-corrected chi connectivity index (χ2v) is 6.60. The molecule has 0 radical (unpaired) electrons. The van der Waals surface area contributed by atoms with Gasteiger partial charge in [0.25, 0.3) is 0 Å². The fourth-order valence-corrected chi connectivity index (χ4v) is 4.45. The topological polar surface area (TPSA) is 0 Å². The van der Waals surface area contributed by atoms with Crippen LogP contribution in [0, 0.1) is 24.7 Å². The predicted molar refractivity (Wildman–Crippen MR) is 69.1 cm³/mol. The highest BCUT2D eigenvalue weighted by Crippen LogP contribution is 2.74. The maximum Gasteiger partial charge on any atom is 0.0280 e. The van der Waals surface area contributed by atoms with Gasteiger partial charge in [-0.3, -0.25) is 0 Å². The first kappa shape index (κ1) is 10.7. The van der Waals surface area contributed by atoms with Crippen LogP contribution in [0.15, 0.2) is 18.2 Å². The molecule has 0 N–H and O–H groups in total. The predicted octanol–water partition coefficient (Wildman–Crippen LogP) is 4.26. The van der Waals surface area contributed by atoms with Crippen molar-refractivity contribution in [1.29, 1.82) is 0 Å². The van der Waals surface area contributed by atoms with E-state index in [9.17, 15) is 0 Å². The molecule has 3 fully saturated rings. The quantitative estimate of drug-likeness (QED) is 0.686. The lowest BCUT2D eigenvalue weighted by atomic mass is 9.34. The Morgan fingerprint density at radius 2 is 1.56 bits per heavy atom. The minimum atomic E-state index is 0.556. The van der Waals surface area contributed by atoms with Gasteiger partial charge in [0.15, 0.2) is 0 Å². The third-order valence-corrected chi connectivity index (χ3v) is 4.96. The molecule has 0 amide bonds. The van der Waals surface area contributed by atoms with Crippen molar-refractivity contribution in [2.24, 2.45) is 10.8 Å². The molecule has 0 spiro atoms. The monoisotopic (exact) mass is 234 g/mol. The lowest BCUT2D eigenvalue weighted by molar-refractivity contribution is -0.186. The molecule has 0 nitrogen and oxygen atoms in total. The van der Waals surface area contributed by atoms with Gasteiger partial charge in [-0.1, -0.05) is 29.3 Å². The zero-order chi connectivity index (χ0) is 11.4. The average Bonchev–Trinajstić information content (AvgIpc) is 2.07. The number of aryl methyl sites for hydroxylation is 2. The summed E-state index contributed by atoms with van der Waals surface area (Å²) >= 11 is 6.00. The molecule has 2 bridgehead atoms. The zero-order valence-corrected chi connectivity index (χ0v) is 10.9. The van der Waals surface area contributed by atoms with E-state index in [0.717, 1.165) is 5.88 Å². The number of halogens is 1. The van der Waals surface area contributed by atoms with E-state index in [-0.39, 0.29) is 0 Å². The molecule has 0 saturated heterocycles. The molecule has 0 aromatic heterocycles. The van der Waals surface area contributed by atoms with Crippen LogP contribution in [-0.4, -0.2) is 5.88 Å². The van der Waals surface area contributed by atoms with Gasteiger partial charge in [0.05, 0.1) is 0 Å². The fourth-order valence-electron chi connectivity index (χ4n) is 4.16. The largest absolute Gasteiger partial charge is 0.126 e. The summed E-state index contributed by atoms with van der Waals surface area (Å²) < 4.78 is 0. The minimum absolute atomic E-state index is 0.556. The Balaban J connectivity index is 1.72. The van der Waals surface area contributed by atoms with Gasteiger partial charge < -0.3 is 0 Å². The Hall–Kier alpha value is -0.490. The van der Waals surface area contributed by atoms with Crippen LogP contribution in [0.1, 0.15) is 36.0 Å². The van der Waals surface area contributed by atoms with E-state index >= 15 is 0 Å². The molecular formula is C15H19Cl. The van der Waals surface area contributed by atoms with E-state index in [1.165, 1.54) is 42.4 Å². The van der Waals surface area contributed by atoms with Crippen LogP contribution in [0.25, 0.3) is 0 Å². The normalized spacial score (nSPS) is 35.4. The highest BCUT2D eigenvalue weighted by atomic mass is 35.5. The molecule has 86 valence electrons. The van der Waals surface area contributed by atoms with Crippen molar-refractivity contribution >= 4 is 11.6 Å². The number of hydrogen-bond donors (Lipinski definition) is 0. The van der Waals surface area contributed by atoms with Gasteiger partial charge in [-0.2, -0.15) is 0 Å². The van der Waals surface area contributed by atoms with Crippen LogP contribution in [0.5, 0.6) is 0 Å². The van der Waals surface area contributed by atoms with Crippen LogP contribution in [0.2, 0.25) is 0 Å². The van der Waals surface area contributed by atoms with Crippen molar-refractivity contribution in [3.63, 3.8) is 0 Å². The summed E-state index contributed by atoms with van der Waals surface area (Å²) in [4.78, 5) is 0. The van der Waals surface area contributed by atoms with Crippen molar-refractivity contribution in [2.45, 2.75) is 39.5 Å². The Bertz CT molecular complexity index is 393. The van der Waals surface area contributed by atoms with Crippen LogP contribution in [0.3, 0.4) is 0 Å². The molecule has 3 saturated carbocycles. The third-order valence-electron chi connectivity index (χ3n) is 4.39. The standard InChI is InChI=1S/C15H19Cl/c1-11-3-12(2)5-13(4-11)6-14-7-15(8-14,9-14)10-16/h3-5H,6-10H2,1-2H3. The Labute approximate surface area is 103 Å². The van der Waals surface area contributed by atoms with Gasteiger partial charge in [0.2, 0.25) is 0 Å². The van der Waals surface area contributed by atoms with Gasteiger partial charge in [-0.25, -0.2) is 0 Å². The fraction of sp³-hybridized carbons (Fsp3) is 0.600. The van der Waals surface area contributed by atoms with Gasteiger partial charge >= 0.3 is 0 Å². The van der Waals surface area contributed by atoms with E-state index in [1.54, 1.807) is 0 Å². The van der Waals surface area contributed by atoms with Crippen molar-refractivity contribution in [3.05, 3.63) is 34.9 Å². The SMILES string of the molecule is Cc1cc(C)cc(CC23CC(CCl)(C2)C3)c1. The van der Waals surface area contributed by atoms with E-state index in [4.69, 9.17) is 11.6 Å². The summed E-state index contributed by atoms with van der Waals surface area (Å²) in [5.41, 5.74) is 5.51. The van der Waals surface area contributed by atoms with Crippen molar-refractivity contribution in [3.8, 4) is 0 Å². The summed E-state index contributed by atoms with van der Waals surface area (Å²) in [6, 6.07) is 6.95. The third kappa shape index (κ3) is 1.50. The van der Waals surface area contributed by atoms with E-state index in [2.05, 4.69) is 32.0 Å². The van der Waals surface area contributed by atoms with Gasteiger partial charge in [-0.15, -0.1) is 11.6 Å². The molecule has 1 heteroatoms. The van der Waals surface area contributed by atoms with Crippen LogP contribution in [-0.2, 0) is 6.42 Å². The smallest absolute Gasteiger partial charge is 0.0280 e. The number of hydrogen-bond acceptors (Lipinski definition) is 0. The molecule has 4 rings (SSSR count). The molecule has 0 unspecified atom stereocenters. The highest BCUT2D eigenvalue weighted by molar-refractivity contribution is 6.18. The molecule has 0 atom stereocenters. The first-order chi connectivity index (χ1) is 7.55. The number of rotatable bonds is 3. The Kier molecular flexibility index (Phi) is 2.17. The lowest BCUT2D eigenvalue weighted by Gasteiger charge is -2.71. The molecule has 3 aliphatic rings. The molecule has 16 heavy (non-hydrogen) atoms. The number of benzene rings is 1. The zero-order valence-electron chi connectivity index (χ0n) is 10.1.